The van der Waals surface area contributed by atoms with Crippen LogP contribution in [0, 0.1) is 5.92 Å². The summed E-state index contributed by atoms with van der Waals surface area (Å²) in [6.45, 7) is 0.0429. The summed E-state index contributed by atoms with van der Waals surface area (Å²) in [5, 5.41) is 5.26. The normalized spacial score (nSPS) is 14.6. The van der Waals surface area contributed by atoms with Gasteiger partial charge in [0.25, 0.3) is 11.8 Å². The Kier molecular flexibility index (Phi) is 7.91. The average molecular weight is 411 g/mol. The summed E-state index contributed by atoms with van der Waals surface area (Å²) >= 11 is 3.29. The van der Waals surface area contributed by atoms with Crippen molar-refractivity contribution in [3.8, 4) is 0 Å². The number of nitrogens with one attached hydrogen (secondary N) is 2. The third-order valence-corrected chi connectivity index (χ3v) is 4.71. The monoisotopic (exact) mass is 410 g/mol. The summed E-state index contributed by atoms with van der Waals surface area (Å²) in [5.41, 5.74) is 0.446. The smallest absolute Gasteiger partial charge is 0.325 e. The van der Waals surface area contributed by atoms with E-state index < -0.39 is 5.97 Å². The number of hydrogen-bond acceptors (Lipinski definition) is 4. The number of benzene rings is 1. The zero-order valence-electron chi connectivity index (χ0n) is 14.1. The topological polar surface area (TPSA) is 84.5 Å². The number of halogens is 1. The SMILES string of the molecule is O=C(COC(=O)CNC(=O)c1ccc(Br)cc1)NCC1CCCCC1. The fourth-order valence-electron chi connectivity index (χ4n) is 2.75. The Hall–Kier alpha value is -1.89. The molecule has 1 aliphatic carbocycles. The van der Waals surface area contributed by atoms with Gasteiger partial charge in [0.05, 0.1) is 0 Å². The molecule has 0 atom stereocenters. The first-order valence-corrected chi connectivity index (χ1v) is 9.30. The first-order valence-electron chi connectivity index (χ1n) is 8.50. The van der Waals surface area contributed by atoms with Crippen LogP contribution in [0.5, 0.6) is 0 Å². The third-order valence-electron chi connectivity index (χ3n) is 4.18. The lowest BCUT2D eigenvalue weighted by molar-refractivity contribution is -0.147. The maximum absolute atomic E-state index is 11.9. The fraction of sp³-hybridized carbons (Fsp3) is 0.500. The summed E-state index contributed by atoms with van der Waals surface area (Å²) in [6, 6.07) is 6.76. The van der Waals surface area contributed by atoms with Crippen molar-refractivity contribution in [3.63, 3.8) is 0 Å². The second-order valence-electron chi connectivity index (χ2n) is 6.16. The minimum absolute atomic E-state index is 0.273. The minimum atomic E-state index is -0.640. The zero-order valence-corrected chi connectivity index (χ0v) is 15.6. The van der Waals surface area contributed by atoms with Crippen LogP contribution in [0.15, 0.2) is 28.7 Å². The number of carbonyl (C=O) groups is 3. The van der Waals surface area contributed by atoms with Gasteiger partial charge >= 0.3 is 5.97 Å². The van der Waals surface area contributed by atoms with Crippen molar-refractivity contribution in [2.75, 3.05) is 19.7 Å². The van der Waals surface area contributed by atoms with E-state index in [2.05, 4.69) is 26.6 Å². The average Bonchev–Trinajstić information content (AvgIpc) is 2.64. The van der Waals surface area contributed by atoms with E-state index in [1.807, 2.05) is 0 Å². The number of hydrogen-bond donors (Lipinski definition) is 2. The molecule has 1 fully saturated rings. The Labute approximate surface area is 155 Å². The summed E-state index contributed by atoms with van der Waals surface area (Å²) in [4.78, 5) is 35.2. The summed E-state index contributed by atoms with van der Waals surface area (Å²) in [6.07, 6.45) is 5.99. The second-order valence-corrected chi connectivity index (χ2v) is 7.07. The summed E-state index contributed by atoms with van der Waals surface area (Å²) in [7, 11) is 0. The van der Waals surface area contributed by atoms with E-state index in [0.717, 1.165) is 17.3 Å². The van der Waals surface area contributed by atoms with Crippen LogP contribution in [-0.2, 0) is 14.3 Å². The molecule has 0 saturated heterocycles. The molecule has 0 heterocycles. The van der Waals surface area contributed by atoms with Gasteiger partial charge in [-0.15, -0.1) is 0 Å². The van der Waals surface area contributed by atoms with Crippen LogP contribution in [0.3, 0.4) is 0 Å². The van der Waals surface area contributed by atoms with E-state index in [4.69, 9.17) is 4.74 Å². The number of ether oxygens (including phenoxy) is 1. The van der Waals surface area contributed by atoms with Gasteiger partial charge in [0.15, 0.2) is 6.61 Å². The van der Waals surface area contributed by atoms with Crippen molar-refractivity contribution < 1.29 is 19.1 Å². The summed E-state index contributed by atoms with van der Waals surface area (Å²) in [5.74, 6) is -0.791. The van der Waals surface area contributed by atoms with Crippen molar-refractivity contribution in [1.29, 1.82) is 0 Å². The lowest BCUT2D eigenvalue weighted by Gasteiger charge is -2.21. The van der Waals surface area contributed by atoms with Crippen molar-refractivity contribution in [2.45, 2.75) is 32.1 Å². The molecule has 0 unspecified atom stereocenters. The van der Waals surface area contributed by atoms with Gasteiger partial charge in [-0.3, -0.25) is 14.4 Å². The lowest BCUT2D eigenvalue weighted by atomic mass is 9.89. The zero-order chi connectivity index (χ0) is 18.1. The van der Waals surface area contributed by atoms with E-state index >= 15 is 0 Å². The van der Waals surface area contributed by atoms with E-state index in [9.17, 15) is 14.4 Å². The van der Waals surface area contributed by atoms with Gasteiger partial charge in [-0.1, -0.05) is 35.2 Å². The Balaban J connectivity index is 1.60. The minimum Gasteiger partial charge on any atom is -0.454 e. The van der Waals surface area contributed by atoms with E-state index in [0.29, 0.717) is 18.0 Å². The molecular weight excluding hydrogens is 388 g/mol. The van der Waals surface area contributed by atoms with Crippen molar-refractivity contribution in [3.05, 3.63) is 34.3 Å². The van der Waals surface area contributed by atoms with Gasteiger partial charge < -0.3 is 15.4 Å². The molecule has 1 saturated carbocycles. The Morgan fingerprint density at radius 1 is 1.04 bits per heavy atom. The van der Waals surface area contributed by atoms with Crippen LogP contribution >= 0.6 is 15.9 Å². The van der Waals surface area contributed by atoms with Gasteiger partial charge in [0.2, 0.25) is 0 Å². The Morgan fingerprint density at radius 2 is 1.72 bits per heavy atom. The number of esters is 1. The molecule has 0 bridgehead atoms. The number of rotatable bonds is 7. The van der Waals surface area contributed by atoms with Gasteiger partial charge in [-0.25, -0.2) is 0 Å². The van der Waals surface area contributed by atoms with E-state index in [-0.39, 0.29) is 25.0 Å². The molecule has 2 rings (SSSR count). The highest BCUT2D eigenvalue weighted by Gasteiger charge is 2.15. The van der Waals surface area contributed by atoms with Crippen molar-refractivity contribution in [1.82, 2.24) is 10.6 Å². The van der Waals surface area contributed by atoms with Crippen LogP contribution in [-0.4, -0.2) is 37.5 Å². The first-order chi connectivity index (χ1) is 12.0. The third kappa shape index (κ3) is 7.25. The maximum atomic E-state index is 11.9. The largest absolute Gasteiger partial charge is 0.454 e. The van der Waals surface area contributed by atoms with Crippen molar-refractivity contribution >= 4 is 33.7 Å². The highest BCUT2D eigenvalue weighted by atomic mass is 79.9. The molecule has 0 radical (unpaired) electrons. The van der Waals surface area contributed by atoms with Crippen LogP contribution in [0.2, 0.25) is 0 Å². The Morgan fingerprint density at radius 3 is 2.40 bits per heavy atom. The predicted molar refractivity (Wildman–Crippen MR) is 97.0 cm³/mol. The standard InChI is InChI=1S/C18H23BrN2O4/c19-15-8-6-14(7-9-15)18(24)21-11-17(23)25-12-16(22)20-10-13-4-2-1-3-5-13/h6-9,13H,1-5,10-12H2,(H,20,22)(H,21,24). The van der Waals surface area contributed by atoms with Crippen molar-refractivity contribution in [2.24, 2.45) is 5.92 Å². The number of amides is 2. The van der Waals surface area contributed by atoms with Crippen LogP contribution in [0.1, 0.15) is 42.5 Å². The number of carbonyl (C=O) groups excluding carboxylic acids is 3. The highest BCUT2D eigenvalue weighted by Crippen LogP contribution is 2.22. The molecule has 7 heteroatoms. The van der Waals surface area contributed by atoms with Crippen LogP contribution in [0.25, 0.3) is 0 Å². The van der Waals surface area contributed by atoms with E-state index in [1.54, 1.807) is 24.3 Å². The quantitative estimate of drug-likeness (QED) is 0.675. The maximum Gasteiger partial charge on any atom is 0.325 e. The predicted octanol–water partition coefficient (Wildman–Crippen LogP) is 2.42. The molecule has 25 heavy (non-hydrogen) atoms. The molecule has 2 amide bonds. The lowest BCUT2D eigenvalue weighted by Crippen LogP contribution is -2.35. The van der Waals surface area contributed by atoms with Crippen LogP contribution in [0.4, 0.5) is 0 Å². The second kappa shape index (κ2) is 10.2. The molecule has 136 valence electrons. The van der Waals surface area contributed by atoms with Gasteiger partial charge in [0, 0.05) is 16.6 Å². The van der Waals surface area contributed by atoms with Gasteiger partial charge in [0.1, 0.15) is 6.54 Å². The van der Waals surface area contributed by atoms with Gasteiger partial charge in [-0.2, -0.15) is 0 Å². The highest BCUT2D eigenvalue weighted by molar-refractivity contribution is 9.10. The first kappa shape index (κ1) is 19.4. The molecule has 0 spiro atoms. The fourth-order valence-corrected chi connectivity index (χ4v) is 3.02. The molecule has 6 nitrogen and oxygen atoms in total. The van der Waals surface area contributed by atoms with Gasteiger partial charge in [-0.05, 0) is 43.0 Å². The summed E-state index contributed by atoms with van der Waals surface area (Å²) < 4.78 is 5.74. The molecule has 1 aromatic rings. The van der Waals surface area contributed by atoms with E-state index in [1.165, 1.54) is 19.3 Å². The van der Waals surface area contributed by atoms with Crippen LogP contribution < -0.4 is 10.6 Å². The molecule has 0 aromatic heterocycles. The molecule has 2 N–H and O–H groups in total. The molecular formula is C18H23BrN2O4. The molecule has 1 aromatic carbocycles. The molecule has 0 aliphatic heterocycles. The molecule has 1 aliphatic rings. The Bertz CT molecular complexity index is 598.